The van der Waals surface area contributed by atoms with Crippen molar-refractivity contribution >= 4 is 27.5 Å². The standard InChI is InChI=1S/C12H15ClFN3O3S/c1-15-12(18)10-7-16-4-5-17(10)21(19,20)11-6-8(14)2-3-9(11)13/h2-3,6,10,16H,4-5,7H2,1H3,(H,15,18). The summed E-state index contributed by atoms with van der Waals surface area (Å²) in [5.41, 5.74) is 0. The van der Waals surface area contributed by atoms with Crippen molar-refractivity contribution in [3.8, 4) is 0 Å². The number of hydrogen-bond acceptors (Lipinski definition) is 4. The van der Waals surface area contributed by atoms with E-state index in [1.165, 1.54) is 13.1 Å². The van der Waals surface area contributed by atoms with Gasteiger partial charge in [0.1, 0.15) is 16.8 Å². The Morgan fingerprint density at radius 3 is 2.90 bits per heavy atom. The molecule has 0 bridgehead atoms. The Hall–Kier alpha value is -1.22. The number of amides is 1. The Morgan fingerprint density at radius 1 is 1.52 bits per heavy atom. The van der Waals surface area contributed by atoms with Crippen LogP contribution < -0.4 is 10.6 Å². The molecule has 0 radical (unpaired) electrons. The summed E-state index contributed by atoms with van der Waals surface area (Å²) in [6.07, 6.45) is 0. The number of carbonyl (C=O) groups is 1. The van der Waals surface area contributed by atoms with Gasteiger partial charge in [-0.25, -0.2) is 12.8 Å². The highest BCUT2D eigenvalue weighted by atomic mass is 35.5. The number of halogens is 2. The Balaban J connectivity index is 2.45. The second-order valence-electron chi connectivity index (χ2n) is 4.52. The van der Waals surface area contributed by atoms with E-state index in [0.29, 0.717) is 6.54 Å². The molecule has 6 nitrogen and oxygen atoms in total. The minimum absolute atomic E-state index is 0.0782. The van der Waals surface area contributed by atoms with Crippen LogP contribution in [-0.4, -0.2) is 51.4 Å². The second-order valence-corrected chi connectivity index (χ2v) is 6.79. The first-order chi connectivity index (χ1) is 9.87. The zero-order chi connectivity index (χ0) is 15.6. The smallest absolute Gasteiger partial charge is 0.245 e. The number of sulfonamides is 1. The van der Waals surface area contributed by atoms with Crippen molar-refractivity contribution < 1.29 is 17.6 Å². The molecule has 1 aromatic rings. The van der Waals surface area contributed by atoms with E-state index in [1.54, 1.807) is 0 Å². The molecule has 1 amide bonds. The number of likely N-dealkylation sites (N-methyl/N-ethyl adjacent to an activating group) is 1. The summed E-state index contributed by atoms with van der Waals surface area (Å²) < 4.78 is 39.7. The van der Waals surface area contributed by atoms with Crippen LogP contribution in [0.4, 0.5) is 4.39 Å². The van der Waals surface area contributed by atoms with Crippen molar-refractivity contribution in [2.75, 3.05) is 26.7 Å². The predicted octanol–water partition coefficient (Wildman–Crippen LogP) is 0.188. The van der Waals surface area contributed by atoms with Gasteiger partial charge in [0.2, 0.25) is 15.9 Å². The van der Waals surface area contributed by atoms with Crippen LogP contribution in [0.3, 0.4) is 0 Å². The summed E-state index contributed by atoms with van der Waals surface area (Å²) in [6, 6.07) is 2.23. The maximum absolute atomic E-state index is 13.3. The quantitative estimate of drug-likeness (QED) is 0.826. The predicted molar refractivity (Wildman–Crippen MR) is 76.0 cm³/mol. The molecule has 1 aliphatic rings. The maximum atomic E-state index is 13.3. The summed E-state index contributed by atoms with van der Waals surface area (Å²) in [5.74, 6) is -1.14. The maximum Gasteiger partial charge on any atom is 0.245 e. The third-order valence-electron chi connectivity index (χ3n) is 3.22. The van der Waals surface area contributed by atoms with E-state index < -0.39 is 27.8 Å². The van der Waals surface area contributed by atoms with Crippen LogP contribution in [0.1, 0.15) is 0 Å². The third-order valence-corrected chi connectivity index (χ3v) is 5.61. The zero-order valence-electron chi connectivity index (χ0n) is 11.3. The Labute approximate surface area is 127 Å². The van der Waals surface area contributed by atoms with Crippen molar-refractivity contribution in [3.63, 3.8) is 0 Å². The van der Waals surface area contributed by atoms with Crippen LogP contribution >= 0.6 is 11.6 Å². The molecule has 9 heteroatoms. The van der Waals surface area contributed by atoms with Gasteiger partial charge in [-0.2, -0.15) is 4.31 Å². The molecule has 1 aromatic carbocycles. The fraction of sp³-hybridized carbons (Fsp3) is 0.417. The summed E-state index contributed by atoms with van der Waals surface area (Å²) in [4.78, 5) is 11.5. The van der Waals surface area contributed by atoms with Gasteiger partial charge in [-0.3, -0.25) is 4.79 Å². The number of carbonyl (C=O) groups excluding carboxylic acids is 1. The molecule has 0 aliphatic carbocycles. The first-order valence-electron chi connectivity index (χ1n) is 6.27. The normalized spacial score (nSPS) is 20.2. The molecule has 2 N–H and O–H groups in total. The average molecular weight is 336 g/mol. The molecular weight excluding hydrogens is 321 g/mol. The van der Waals surface area contributed by atoms with E-state index in [-0.39, 0.29) is 23.0 Å². The van der Waals surface area contributed by atoms with Gasteiger partial charge in [-0.15, -0.1) is 0 Å². The molecular formula is C12H15ClFN3O3S. The molecule has 2 rings (SSSR count). The molecule has 1 heterocycles. The number of piperazine rings is 1. The lowest BCUT2D eigenvalue weighted by atomic mass is 10.2. The van der Waals surface area contributed by atoms with Gasteiger partial charge in [0.05, 0.1) is 5.02 Å². The lowest BCUT2D eigenvalue weighted by Gasteiger charge is -2.34. The molecule has 1 atom stereocenters. The second kappa shape index (κ2) is 6.27. The first kappa shape index (κ1) is 16.2. The summed E-state index contributed by atoms with van der Waals surface area (Å²) in [6.45, 7) is 0.693. The monoisotopic (exact) mass is 335 g/mol. The summed E-state index contributed by atoms with van der Waals surface area (Å²) >= 11 is 5.87. The van der Waals surface area contributed by atoms with E-state index in [9.17, 15) is 17.6 Å². The van der Waals surface area contributed by atoms with Crippen LogP contribution in [-0.2, 0) is 14.8 Å². The van der Waals surface area contributed by atoms with E-state index in [2.05, 4.69) is 10.6 Å². The van der Waals surface area contributed by atoms with Crippen LogP contribution in [0.2, 0.25) is 5.02 Å². The molecule has 1 aliphatic heterocycles. The summed E-state index contributed by atoms with van der Waals surface area (Å²) in [5, 5.41) is 5.30. The van der Waals surface area contributed by atoms with Gasteiger partial charge >= 0.3 is 0 Å². The molecule has 1 fully saturated rings. The molecule has 21 heavy (non-hydrogen) atoms. The Bertz CT molecular complexity index is 653. The van der Waals surface area contributed by atoms with Crippen LogP contribution in [0.15, 0.2) is 23.1 Å². The van der Waals surface area contributed by atoms with Crippen LogP contribution in [0.25, 0.3) is 0 Å². The number of nitrogens with one attached hydrogen (secondary N) is 2. The van der Waals surface area contributed by atoms with Crippen molar-refractivity contribution in [2.45, 2.75) is 10.9 Å². The zero-order valence-corrected chi connectivity index (χ0v) is 12.8. The molecule has 116 valence electrons. The highest BCUT2D eigenvalue weighted by Gasteiger charge is 2.38. The van der Waals surface area contributed by atoms with Crippen molar-refractivity contribution in [2.24, 2.45) is 0 Å². The lowest BCUT2D eigenvalue weighted by molar-refractivity contribution is -0.124. The summed E-state index contributed by atoms with van der Waals surface area (Å²) in [7, 11) is -2.63. The van der Waals surface area contributed by atoms with Crippen LogP contribution in [0.5, 0.6) is 0 Å². The van der Waals surface area contributed by atoms with E-state index in [0.717, 1.165) is 16.4 Å². The Morgan fingerprint density at radius 2 is 2.24 bits per heavy atom. The van der Waals surface area contributed by atoms with Crippen LogP contribution in [0, 0.1) is 5.82 Å². The van der Waals surface area contributed by atoms with E-state index in [1.807, 2.05) is 0 Å². The molecule has 0 spiro atoms. The van der Waals surface area contributed by atoms with Gasteiger partial charge in [-0.05, 0) is 18.2 Å². The number of nitrogens with zero attached hydrogens (tertiary/aromatic N) is 1. The van der Waals surface area contributed by atoms with Gasteiger partial charge < -0.3 is 10.6 Å². The molecule has 0 aromatic heterocycles. The van der Waals surface area contributed by atoms with E-state index in [4.69, 9.17) is 11.6 Å². The van der Waals surface area contributed by atoms with Gasteiger partial charge in [0.25, 0.3) is 0 Å². The fourth-order valence-electron chi connectivity index (χ4n) is 2.16. The minimum Gasteiger partial charge on any atom is -0.358 e. The lowest BCUT2D eigenvalue weighted by Crippen LogP contribution is -2.59. The molecule has 1 unspecified atom stereocenters. The number of rotatable bonds is 3. The average Bonchev–Trinajstić information content (AvgIpc) is 2.48. The SMILES string of the molecule is CNC(=O)C1CNCCN1S(=O)(=O)c1cc(F)ccc1Cl. The Kier molecular flexibility index (Phi) is 4.82. The third kappa shape index (κ3) is 3.18. The molecule has 1 saturated heterocycles. The largest absolute Gasteiger partial charge is 0.358 e. The van der Waals surface area contributed by atoms with Gasteiger partial charge in [0.15, 0.2) is 0 Å². The first-order valence-corrected chi connectivity index (χ1v) is 8.09. The fourth-order valence-corrected chi connectivity index (χ4v) is 4.24. The highest BCUT2D eigenvalue weighted by molar-refractivity contribution is 7.89. The van der Waals surface area contributed by atoms with Crippen molar-refractivity contribution in [3.05, 3.63) is 29.0 Å². The van der Waals surface area contributed by atoms with Crippen molar-refractivity contribution in [1.82, 2.24) is 14.9 Å². The highest BCUT2D eigenvalue weighted by Crippen LogP contribution is 2.27. The molecule has 0 saturated carbocycles. The number of benzene rings is 1. The number of hydrogen-bond donors (Lipinski definition) is 2. The topological polar surface area (TPSA) is 78.5 Å². The van der Waals surface area contributed by atoms with Crippen molar-refractivity contribution in [1.29, 1.82) is 0 Å². The van der Waals surface area contributed by atoms with Gasteiger partial charge in [0, 0.05) is 26.7 Å². The van der Waals surface area contributed by atoms with Gasteiger partial charge in [-0.1, -0.05) is 11.6 Å². The van der Waals surface area contributed by atoms with E-state index >= 15 is 0 Å². The minimum atomic E-state index is -4.06.